The number of hydrogen-bond donors (Lipinski definition) is 1. The molecular weight excluding hydrogens is 350 g/mol. The number of carbonyl (C=O) groups is 2. The van der Waals surface area contributed by atoms with E-state index in [0.717, 1.165) is 55.2 Å². The van der Waals surface area contributed by atoms with Gasteiger partial charge in [-0.2, -0.15) is 0 Å². The smallest absolute Gasteiger partial charge is 0.331 e. The van der Waals surface area contributed by atoms with Crippen molar-refractivity contribution in [3.8, 4) is 0 Å². The molecule has 3 rings (SSSR count). The lowest BCUT2D eigenvalue weighted by molar-refractivity contribution is -0.150. The van der Waals surface area contributed by atoms with Gasteiger partial charge in [-0.05, 0) is 53.9 Å². The van der Waals surface area contributed by atoms with Gasteiger partial charge >= 0.3 is 5.97 Å². The molecule has 1 aliphatic heterocycles. The second-order valence-corrected chi connectivity index (χ2v) is 8.72. The Labute approximate surface area is 168 Å². The van der Waals surface area contributed by atoms with Crippen LogP contribution in [0.15, 0.2) is 24.4 Å². The molecule has 1 fully saturated rings. The number of carboxylic acid groups (broad SMARTS) is 1. The van der Waals surface area contributed by atoms with Crippen molar-refractivity contribution in [1.29, 1.82) is 0 Å². The van der Waals surface area contributed by atoms with Gasteiger partial charge in [0.25, 0.3) is 0 Å². The fraction of sp³-hybridized carbons (Fsp3) is 0.583. The Morgan fingerprint density at radius 1 is 1.18 bits per heavy atom. The minimum absolute atomic E-state index is 0.0342. The molecule has 1 amide bonds. The summed E-state index contributed by atoms with van der Waals surface area (Å²) in [4.78, 5) is 26.7. The predicted octanol–water partition coefficient (Wildman–Crippen LogP) is 5.43. The lowest BCUT2D eigenvalue weighted by Crippen LogP contribution is -2.40. The molecule has 1 N–H and O–H groups in total. The van der Waals surface area contributed by atoms with Gasteiger partial charge in [0.2, 0.25) is 5.91 Å². The monoisotopic (exact) mass is 383 g/mol. The van der Waals surface area contributed by atoms with Crippen LogP contribution < -0.4 is 0 Å². The number of nitrogens with zero attached hydrogens (tertiary/aromatic N) is 1. The number of fused-ring (bicyclic) bond motifs is 1. The maximum absolute atomic E-state index is 13.1. The molecule has 0 aromatic heterocycles. The molecule has 1 saturated carbocycles. The lowest BCUT2D eigenvalue weighted by Gasteiger charge is -2.34. The van der Waals surface area contributed by atoms with Gasteiger partial charge in [-0.15, -0.1) is 0 Å². The van der Waals surface area contributed by atoms with Crippen molar-refractivity contribution < 1.29 is 14.7 Å². The van der Waals surface area contributed by atoms with Crippen LogP contribution in [-0.2, 0) is 16.0 Å². The van der Waals surface area contributed by atoms with E-state index in [9.17, 15) is 14.7 Å². The molecule has 2 atom stereocenters. The first-order chi connectivity index (χ1) is 13.4. The van der Waals surface area contributed by atoms with Gasteiger partial charge in [0.1, 0.15) is 0 Å². The molecule has 0 bridgehead atoms. The Morgan fingerprint density at radius 2 is 1.89 bits per heavy atom. The molecule has 2 aliphatic rings. The molecule has 0 radical (unpaired) electrons. The molecule has 0 spiro atoms. The summed E-state index contributed by atoms with van der Waals surface area (Å²) in [5, 5.41) is 9.98. The van der Waals surface area contributed by atoms with Crippen molar-refractivity contribution in [2.24, 2.45) is 17.8 Å². The van der Waals surface area contributed by atoms with E-state index >= 15 is 0 Å². The Kier molecular flexibility index (Phi) is 6.58. The summed E-state index contributed by atoms with van der Waals surface area (Å²) >= 11 is 0. The normalized spacial score (nSPS) is 20.9. The van der Waals surface area contributed by atoms with Gasteiger partial charge in [0, 0.05) is 12.1 Å². The summed E-state index contributed by atoms with van der Waals surface area (Å²) < 4.78 is 0. The average Bonchev–Trinajstić information content (AvgIpc) is 2.70. The number of carbonyl (C=O) groups excluding carboxylic acids is 1. The molecule has 4 nitrogen and oxygen atoms in total. The minimum Gasteiger partial charge on any atom is -0.479 e. The van der Waals surface area contributed by atoms with E-state index in [2.05, 4.69) is 26.8 Å². The van der Waals surface area contributed by atoms with Gasteiger partial charge in [-0.1, -0.05) is 64.7 Å². The van der Waals surface area contributed by atoms with E-state index in [-0.39, 0.29) is 11.8 Å². The zero-order chi connectivity index (χ0) is 20.3. The molecule has 152 valence electrons. The van der Waals surface area contributed by atoms with E-state index in [1.165, 1.54) is 11.3 Å². The van der Waals surface area contributed by atoms with E-state index in [4.69, 9.17) is 0 Å². The third kappa shape index (κ3) is 4.31. The maximum Gasteiger partial charge on any atom is 0.331 e. The quantitative estimate of drug-likeness (QED) is 0.712. The van der Waals surface area contributed by atoms with Crippen LogP contribution in [0.1, 0.15) is 82.0 Å². The largest absolute Gasteiger partial charge is 0.479 e. The first kappa shape index (κ1) is 20.6. The molecule has 4 heteroatoms. The zero-order valence-corrected chi connectivity index (χ0v) is 17.4. The van der Waals surface area contributed by atoms with E-state index in [1.54, 1.807) is 6.20 Å². The summed E-state index contributed by atoms with van der Waals surface area (Å²) in [5.41, 5.74) is 2.81. The van der Waals surface area contributed by atoms with Gasteiger partial charge in [-0.3, -0.25) is 4.79 Å². The first-order valence-electron chi connectivity index (χ1n) is 10.8. The van der Waals surface area contributed by atoms with Crippen molar-refractivity contribution in [3.05, 3.63) is 41.1 Å². The minimum atomic E-state index is -0.956. The summed E-state index contributed by atoms with van der Waals surface area (Å²) in [6.07, 6.45) is 10.6. The van der Waals surface area contributed by atoms with Gasteiger partial charge < -0.3 is 10.0 Å². The van der Waals surface area contributed by atoms with Crippen molar-refractivity contribution in [1.82, 2.24) is 4.90 Å². The Bertz CT molecular complexity index is 746. The first-order valence-corrected chi connectivity index (χ1v) is 10.8. The molecule has 1 aromatic rings. The highest BCUT2D eigenvalue weighted by molar-refractivity contribution is 5.89. The van der Waals surface area contributed by atoms with E-state index < -0.39 is 12.0 Å². The van der Waals surface area contributed by atoms with Crippen molar-refractivity contribution in [2.75, 3.05) is 0 Å². The van der Waals surface area contributed by atoms with Gasteiger partial charge in [0.15, 0.2) is 6.04 Å². The van der Waals surface area contributed by atoms with Crippen molar-refractivity contribution in [2.45, 2.75) is 71.8 Å². The second kappa shape index (κ2) is 8.93. The third-order valence-corrected chi connectivity index (χ3v) is 6.55. The Morgan fingerprint density at radius 3 is 2.50 bits per heavy atom. The number of aliphatic carboxylic acids is 1. The Hall–Kier alpha value is -2.10. The molecule has 2 unspecified atom stereocenters. The molecule has 1 aromatic carbocycles. The second-order valence-electron chi connectivity index (χ2n) is 8.72. The van der Waals surface area contributed by atoms with Gasteiger partial charge in [0.05, 0.1) is 0 Å². The third-order valence-electron chi connectivity index (χ3n) is 6.55. The molecule has 1 aliphatic carbocycles. The van der Waals surface area contributed by atoms with Crippen LogP contribution in [0.5, 0.6) is 0 Å². The molecular formula is C24H33NO3. The standard InChI is InChI=1S/C24H33NO3/c1-4-18(16(2)3)14-17-10-11-19-12-13-25(22(24(27)28)21(19)15-17)23(26)20-8-6-5-7-9-20/h10-13,15-16,18,20,22H,4-9,14H2,1-3H3,(H,27,28). The fourth-order valence-electron chi connectivity index (χ4n) is 4.70. The number of amides is 1. The number of rotatable bonds is 6. The molecule has 28 heavy (non-hydrogen) atoms. The summed E-state index contributed by atoms with van der Waals surface area (Å²) in [6.45, 7) is 6.68. The lowest BCUT2D eigenvalue weighted by atomic mass is 9.84. The topological polar surface area (TPSA) is 57.6 Å². The summed E-state index contributed by atoms with van der Waals surface area (Å²) in [6, 6.07) is 5.20. The fourth-order valence-corrected chi connectivity index (χ4v) is 4.70. The van der Waals surface area contributed by atoms with E-state index in [1.807, 2.05) is 18.2 Å². The number of benzene rings is 1. The van der Waals surface area contributed by atoms with Crippen LogP contribution in [0.3, 0.4) is 0 Å². The highest BCUT2D eigenvalue weighted by Gasteiger charge is 2.37. The zero-order valence-electron chi connectivity index (χ0n) is 17.4. The van der Waals surface area contributed by atoms with E-state index in [0.29, 0.717) is 11.8 Å². The van der Waals surface area contributed by atoms with Crippen LogP contribution in [0.25, 0.3) is 6.08 Å². The van der Waals surface area contributed by atoms with Crippen LogP contribution in [0.4, 0.5) is 0 Å². The maximum atomic E-state index is 13.1. The SMILES string of the molecule is CCC(Cc1ccc2c(c1)C(C(=O)O)N(C(=O)C1CCCCC1)C=C2)C(C)C. The van der Waals surface area contributed by atoms with Crippen LogP contribution in [0.2, 0.25) is 0 Å². The highest BCUT2D eigenvalue weighted by atomic mass is 16.4. The Balaban J connectivity index is 1.89. The number of hydrogen-bond acceptors (Lipinski definition) is 2. The van der Waals surface area contributed by atoms with Crippen LogP contribution >= 0.6 is 0 Å². The number of carboxylic acids is 1. The van der Waals surface area contributed by atoms with Crippen LogP contribution in [-0.4, -0.2) is 21.9 Å². The van der Waals surface area contributed by atoms with Crippen molar-refractivity contribution in [3.63, 3.8) is 0 Å². The highest BCUT2D eigenvalue weighted by Crippen LogP contribution is 2.35. The molecule has 0 saturated heterocycles. The predicted molar refractivity (Wildman–Crippen MR) is 112 cm³/mol. The van der Waals surface area contributed by atoms with Crippen LogP contribution in [0, 0.1) is 17.8 Å². The summed E-state index contributed by atoms with van der Waals surface area (Å²) in [5.74, 6) is 0.118. The molecule has 1 heterocycles. The van der Waals surface area contributed by atoms with Gasteiger partial charge in [-0.25, -0.2) is 4.79 Å². The van der Waals surface area contributed by atoms with Crippen molar-refractivity contribution >= 4 is 18.0 Å². The summed E-state index contributed by atoms with van der Waals surface area (Å²) in [7, 11) is 0. The average molecular weight is 384 g/mol.